The lowest BCUT2D eigenvalue weighted by atomic mass is 10.0. The molecule has 1 aliphatic heterocycles. The molecule has 2 aliphatic rings. The van der Waals surface area contributed by atoms with Crippen LogP contribution in [0.4, 0.5) is 0 Å². The molecule has 9 heteroatoms. The van der Waals surface area contributed by atoms with Crippen LogP contribution in [0.2, 0.25) is 5.02 Å². The molecular formula is C23H27ClN4O3S. The van der Waals surface area contributed by atoms with E-state index in [2.05, 4.69) is 9.62 Å². The van der Waals surface area contributed by atoms with Gasteiger partial charge in [0.1, 0.15) is 11.3 Å². The molecule has 32 heavy (non-hydrogen) atoms. The summed E-state index contributed by atoms with van der Waals surface area (Å²) in [4.78, 5) is 41.1. The molecule has 170 valence electrons. The average Bonchev–Trinajstić information content (AvgIpc) is 3.63. The lowest BCUT2D eigenvalue weighted by Gasteiger charge is -2.32. The van der Waals surface area contributed by atoms with Gasteiger partial charge in [-0.1, -0.05) is 35.7 Å². The lowest BCUT2D eigenvalue weighted by Crippen LogP contribution is -2.48. The Balaban J connectivity index is 1.58. The molecule has 0 unspecified atom stereocenters. The van der Waals surface area contributed by atoms with Crippen molar-refractivity contribution in [1.82, 2.24) is 19.1 Å². The van der Waals surface area contributed by atoms with E-state index < -0.39 is 11.5 Å². The van der Waals surface area contributed by atoms with Crippen LogP contribution in [0.5, 0.6) is 0 Å². The normalized spacial score (nSPS) is 15.8. The molecule has 1 saturated carbocycles. The van der Waals surface area contributed by atoms with Crippen LogP contribution in [0.15, 0.2) is 35.1 Å². The van der Waals surface area contributed by atoms with Crippen LogP contribution in [0.3, 0.4) is 0 Å². The molecule has 0 atom stereocenters. The van der Waals surface area contributed by atoms with Crippen molar-refractivity contribution in [1.29, 1.82) is 0 Å². The van der Waals surface area contributed by atoms with Crippen LogP contribution >= 0.6 is 23.5 Å². The predicted octanol–water partition coefficient (Wildman–Crippen LogP) is 2.97. The predicted molar refractivity (Wildman–Crippen MR) is 127 cm³/mol. The highest BCUT2D eigenvalue weighted by molar-refractivity contribution is 7.96. The van der Waals surface area contributed by atoms with Crippen LogP contribution in [0.25, 0.3) is 0 Å². The quantitative estimate of drug-likeness (QED) is 0.595. The molecule has 1 aromatic carbocycles. The molecule has 0 spiro atoms. The first kappa shape index (κ1) is 22.9. The first-order chi connectivity index (χ1) is 15.4. The van der Waals surface area contributed by atoms with Gasteiger partial charge in [-0.15, -0.1) is 0 Å². The lowest BCUT2D eigenvalue weighted by molar-refractivity contribution is 0.0692. The summed E-state index contributed by atoms with van der Waals surface area (Å²) in [6.07, 6.45) is 3.94. The molecule has 1 N–H and O–H groups in total. The zero-order valence-electron chi connectivity index (χ0n) is 18.3. The maximum Gasteiger partial charge on any atom is 0.270 e. The number of halogens is 1. The first-order valence-corrected chi connectivity index (χ1v) is 12.3. The number of nitrogens with zero attached hydrogens (tertiary/aromatic N) is 3. The molecule has 0 saturated heterocycles. The number of aromatic nitrogens is 1. The zero-order valence-corrected chi connectivity index (χ0v) is 19.8. The summed E-state index contributed by atoms with van der Waals surface area (Å²) >= 11 is 7.53. The number of hydrogen-bond donors (Lipinski definition) is 1. The number of fused-ring (bicyclic) bond motifs is 1. The smallest absolute Gasteiger partial charge is 0.270 e. The maximum absolute atomic E-state index is 13.3. The van der Waals surface area contributed by atoms with Gasteiger partial charge in [0.05, 0.1) is 0 Å². The molecule has 1 aromatic heterocycles. The molecule has 1 fully saturated rings. The Morgan fingerprint density at radius 1 is 1.22 bits per heavy atom. The summed E-state index contributed by atoms with van der Waals surface area (Å²) in [6, 6.07) is 8.84. The fraction of sp³-hybridized carbons (Fsp3) is 0.435. The average molecular weight is 475 g/mol. The number of nitrogens with one attached hydrogen (secondary N) is 1. The second-order valence-corrected chi connectivity index (χ2v) is 9.65. The minimum atomic E-state index is -0.418. The van der Waals surface area contributed by atoms with Crippen molar-refractivity contribution in [3.8, 4) is 0 Å². The number of carbonyl (C=O) groups is 2. The van der Waals surface area contributed by atoms with Crippen LogP contribution in [0.1, 0.15) is 50.7 Å². The second kappa shape index (κ2) is 9.68. The van der Waals surface area contributed by atoms with Gasteiger partial charge in [0.15, 0.2) is 0 Å². The van der Waals surface area contributed by atoms with Gasteiger partial charge in [-0.05, 0) is 61.4 Å². The van der Waals surface area contributed by atoms with Gasteiger partial charge in [0.2, 0.25) is 0 Å². The third-order valence-corrected chi connectivity index (χ3v) is 7.08. The van der Waals surface area contributed by atoms with Crippen molar-refractivity contribution < 1.29 is 9.59 Å². The van der Waals surface area contributed by atoms with Crippen molar-refractivity contribution >= 4 is 35.4 Å². The van der Waals surface area contributed by atoms with E-state index >= 15 is 0 Å². The van der Waals surface area contributed by atoms with Crippen LogP contribution in [0, 0.1) is 0 Å². The van der Waals surface area contributed by atoms with Crippen LogP contribution in [-0.4, -0.2) is 58.5 Å². The summed E-state index contributed by atoms with van der Waals surface area (Å²) in [5, 5.41) is 3.46. The zero-order chi connectivity index (χ0) is 22.8. The number of amides is 2. The summed E-state index contributed by atoms with van der Waals surface area (Å²) < 4.78 is 3.59. The van der Waals surface area contributed by atoms with E-state index in [1.807, 2.05) is 30.3 Å². The Morgan fingerprint density at radius 2 is 1.94 bits per heavy atom. The molecule has 0 bridgehead atoms. The number of pyridine rings is 1. The van der Waals surface area contributed by atoms with Gasteiger partial charge < -0.3 is 14.8 Å². The number of likely N-dealkylation sites (N-methyl/N-ethyl adjacent to an activating group) is 1. The molecule has 1 aliphatic carbocycles. The molecule has 4 rings (SSSR count). The molecule has 2 aromatic rings. The van der Waals surface area contributed by atoms with E-state index in [0.717, 1.165) is 30.5 Å². The number of hydrogen-bond acceptors (Lipinski definition) is 5. The van der Waals surface area contributed by atoms with Crippen molar-refractivity contribution in [3.05, 3.63) is 68.1 Å². The van der Waals surface area contributed by atoms with Gasteiger partial charge in [0, 0.05) is 37.7 Å². The van der Waals surface area contributed by atoms with Gasteiger partial charge in [-0.2, -0.15) is 0 Å². The number of rotatable bonds is 8. The van der Waals surface area contributed by atoms with E-state index in [9.17, 15) is 14.4 Å². The Labute approximate surface area is 196 Å². The largest absolute Gasteiger partial charge is 0.348 e. The number of carbonyl (C=O) groups excluding carboxylic acids is 2. The highest BCUT2D eigenvalue weighted by Crippen LogP contribution is 2.42. The molecule has 2 heterocycles. The molecule has 2 amide bonds. The van der Waals surface area contributed by atoms with E-state index in [0.29, 0.717) is 36.9 Å². The van der Waals surface area contributed by atoms with Crippen LogP contribution < -0.4 is 10.9 Å². The van der Waals surface area contributed by atoms with E-state index in [4.69, 9.17) is 11.6 Å². The summed E-state index contributed by atoms with van der Waals surface area (Å²) in [5.41, 5.74) is 1.89. The van der Waals surface area contributed by atoms with Gasteiger partial charge in [-0.3, -0.25) is 18.7 Å². The summed E-state index contributed by atoms with van der Waals surface area (Å²) in [6.45, 7) is 2.53. The Morgan fingerprint density at radius 3 is 2.59 bits per heavy atom. The Kier molecular flexibility index (Phi) is 6.93. The molecule has 0 radical (unpaired) electrons. The summed E-state index contributed by atoms with van der Waals surface area (Å²) in [5.74, 6) is -0.297. The van der Waals surface area contributed by atoms with Crippen molar-refractivity contribution in [2.75, 3.05) is 32.9 Å². The highest BCUT2D eigenvalue weighted by atomic mass is 35.5. The summed E-state index contributed by atoms with van der Waals surface area (Å²) in [7, 11) is 1.99. The minimum Gasteiger partial charge on any atom is -0.348 e. The number of benzene rings is 1. The standard InChI is InChI=1S/C23H27ClN4O3S/c1-26(32-2)9-10-27-11-12-28-20(23(27)31)18(16-5-6-16)13-19(22(28)30)21(29)25-14-15-3-7-17(24)8-4-15/h3-4,7-8,13,16H,5-6,9-12,14H2,1-2H3,(H,25,29). The van der Waals surface area contributed by atoms with E-state index in [-0.39, 0.29) is 17.4 Å². The molecule has 7 nitrogen and oxygen atoms in total. The Hall–Kier alpha value is -2.29. The van der Waals surface area contributed by atoms with E-state index in [1.54, 1.807) is 30.1 Å². The molecular weight excluding hydrogens is 448 g/mol. The van der Waals surface area contributed by atoms with Gasteiger partial charge in [0.25, 0.3) is 17.4 Å². The minimum absolute atomic E-state index is 0.105. The van der Waals surface area contributed by atoms with Crippen molar-refractivity contribution in [2.45, 2.75) is 31.8 Å². The second-order valence-electron chi connectivity index (χ2n) is 8.23. The maximum atomic E-state index is 13.3. The van der Waals surface area contributed by atoms with Crippen molar-refractivity contribution in [3.63, 3.8) is 0 Å². The topological polar surface area (TPSA) is 74.7 Å². The fourth-order valence-corrected chi connectivity index (χ4v) is 4.32. The Bertz CT molecular complexity index is 1080. The van der Waals surface area contributed by atoms with Crippen molar-refractivity contribution in [2.24, 2.45) is 0 Å². The highest BCUT2D eigenvalue weighted by Gasteiger charge is 2.36. The SMILES string of the molecule is CSN(C)CCN1CCn2c(c(C3CC3)cc(C(=O)NCc3ccc(Cl)cc3)c2=O)C1=O. The van der Waals surface area contributed by atoms with E-state index in [1.165, 1.54) is 4.57 Å². The first-order valence-electron chi connectivity index (χ1n) is 10.7. The van der Waals surface area contributed by atoms with Gasteiger partial charge in [-0.25, -0.2) is 0 Å². The van der Waals surface area contributed by atoms with Crippen LogP contribution in [-0.2, 0) is 13.1 Å². The third kappa shape index (κ3) is 4.87. The van der Waals surface area contributed by atoms with Gasteiger partial charge >= 0.3 is 0 Å². The third-order valence-electron chi connectivity index (χ3n) is 6.03. The fourth-order valence-electron chi connectivity index (χ4n) is 3.93. The monoisotopic (exact) mass is 474 g/mol.